The Bertz CT molecular complexity index is 595. The number of rotatable bonds is 19. The molecular weight excluding hydrogens is 388 g/mol. The Morgan fingerprint density at radius 3 is 1.71 bits per heavy atom. The molecular formula is C27H42O4. The lowest BCUT2D eigenvalue weighted by Crippen LogP contribution is -2.06. The van der Waals surface area contributed by atoms with Crippen LogP contribution < -0.4 is 0 Å². The normalized spacial score (nSPS) is 11.0. The quantitative estimate of drug-likeness (QED) is 0.130. The van der Waals surface area contributed by atoms with E-state index >= 15 is 0 Å². The maximum atomic E-state index is 11.7. The first-order chi connectivity index (χ1) is 15.2. The number of benzene rings is 1. The molecule has 0 saturated heterocycles. The molecule has 0 aliphatic carbocycles. The Hall–Kier alpha value is -2.10. The molecule has 0 saturated carbocycles. The van der Waals surface area contributed by atoms with Crippen LogP contribution in [0.5, 0.6) is 0 Å². The van der Waals surface area contributed by atoms with E-state index in [0.29, 0.717) is 12.0 Å². The molecule has 174 valence electrons. The van der Waals surface area contributed by atoms with Crippen molar-refractivity contribution in [3.05, 3.63) is 48.0 Å². The third kappa shape index (κ3) is 16.3. The van der Waals surface area contributed by atoms with E-state index in [4.69, 9.17) is 9.47 Å². The first kappa shape index (κ1) is 26.9. The number of ether oxygens (including phenoxy) is 2. The molecule has 1 aromatic carbocycles. The SMILES string of the molecule is CCCCCCCCCCCCCCCC(=O)OC/C=C\COC(=O)c1ccccc1. The van der Waals surface area contributed by atoms with Crippen LogP contribution in [-0.4, -0.2) is 25.2 Å². The molecule has 0 aromatic heterocycles. The van der Waals surface area contributed by atoms with Crippen LogP contribution in [0.4, 0.5) is 0 Å². The maximum Gasteiger partial charge on any atom is 0.338 e. The first-order valence-corrected chi connectivity index (χ1v) is 12.3. The van der Waals surface area contributed by atoms with Gasteiger partial charge in [-0.25, -0.2) is 4.79 Å². The molecule has 0 atom stereocenters. The number of hydrogen-bond acceptors (Lipinski definition) is 4. The highest BCUT2D eigenvalue weighted by Gasteiger charge is 2.04. The molecule has 4 heteroatoms. The van der Waals surface area contributed by atoms with Crippen LogP contribution >= 0.6 is 0 Å². The number of carbonyl (C=O) groups is 2. The molecule has 0 fully saturated rings. The van der Waals surface area contributed by atoms with E-state index in [2.05, 4.69) is 6.92 Å². The summed E-state index contributed by atoms with van der Waals surface area (Å²) >= 11 is 0. The molecule has 0 aliphatic heterocycles. The van der Waals surface area contributed by atoms with Crippen molar-refractivity contribution in [3.8, 4) is 0 Å². The van der Waals surface area contributed by atoms with Crippen LogP contribution in [0.3, 0.4) is 0 Å². The minimum atomic E-state index is -0.357. The van der Waals surface area contributed by atoms with Gasteiger partial charge >= 0.3 is 11.9 Å². The molecule has 0 N–H and O–H groups in total. The summed E-state index contributed by atoms with van der Waals surface area (Å²) in [5.74, 6) is -0.515. The molecule has 0 aliphatic rings. The van der Waals surface area contributed by atoms with E-state index in [0.717, 1.165) is 12.8 Å². The van der Waals surface area contributed by atoms with E-state index < -0.39 is 0 Å². The Balaban J connectivity index is 1.85. The van der Waals surface area contributed by atoms with Gasteiger partial charge in [-0.05, 0) is 30.7 Å². The third-order valence-corrected chi connectivity index (χ3v) is 5.31. The summed E-state index contributed by atoms with van der Waals surface area (Å²) in [6.07, 6.45) is 20.7. The summed E-state index contributed by atoms with van der Waals surface area (Å²) in [4.78, 5) is 23.5. The highest BCUT2D eigenvalue weighted by Crippen LogP contribution is 2.13. The lowest BCUT2D eigenvalue weighted by Gasteiger charge is -2.04. The molecule has 1 aromatic rings. The molecule has 0 heterocycles. The fourth-order valence-corrected chi connectivity index (χ4v) is 3.42. The van der Waals surface area contributed by atoms with Gasteiger partial charge in [0.05, 0.1) is 5.56 Å². The second kappa shape index (κ2) is 19.8. The molecule has 31 heavy (non-hydrogen) atoms. The fourth-order valence-electron chi connectivity index (χ4n) is 3.42. The Morgan fingerprint density at radius 1 is 0.677 bits per heavy atom. The summed E-state index contributed by atoms with van der Waals surface area (Å²) < 4.78 is 10.3. The van der Waals surface area contributed by atoms with E-state index in [9.17, 15) is 9.59 Å². The lowest BCUT2D eigenvalue weighted by molar-refractivity contribution is -0.142. The van der Waals surface area contributed by atoms with Crippen molar-refractivity contribution in [2.24, 2.45) is 0 Å². The van der Waals surface area contributed by atoms with Gasteiger partial charge in [0, 0.05) is 6.42 Å². The molecule has 0 unspecified atom stereocenters. The van der Waals surface area contributed by atoms with Crippen LogP contribution in [0.25, 0.3) is 0 Å². The lowest BCUT2D eigenvalue weighted by atomic mass is 10.0. The summed E-state index contributed by atoms with van der Waals surface area (Å²) in [6, 6.07) is 8.87. The van der Waals surface area contributed by atoms with E-state index in [1.165, 1.54) is 70.6 Å². The van der Waals surface area contributed by atoms with Crippen LogP contribution in [-0.2, 0) is 14.3 Å². The van der Waals surface area contributed by atoms with Gasteiger partial charge in [0.2, 0.25) is 0 Å². The molecule has 4 nitrogen and oxygen atoms in total. The van der Waals surface area contributed by atoms with Gasteiger partial charge in [-0.2, -0.15) is 0 Å². The van der Waals surface area contributed by atoms with Crippen molar-refractivity contribution < 1.29 is 19.1 Å². The fraction of sp³-hybridized carbons (Fsp3) is 0.630. The van der Waals surface area contributed by atoms with Gasteiger partial charge in [-0.1, -0.05) is 102 Å². The van der Waals surface area contributed by atoms with Gasteiger partial charge < -0.3 is 9.47 Å². The highest BCUT2D eigenvalue weighted by molar-refractivity contribution is 5.89. The summed E-state index contributed by atoms with van der Waals surface area (Å²) in [5.41, 5.74) is 0.528. The highest BCUT2D eigenvalue weighted by atomic mass is 16.5. The largest absolute Gasteiger partial charge is 0.461 e. The van der Waals surface area contributed by atoms with E-state index in [1.807, 2.05) is 6.07 Å². The van der Waals surface area contributed by atoms with Crippen molar-refractivity contribution in [1.82, 2.24) is 0 Å². The van der Waals surface area contributed by atoms with Crippen molar-refractivity contribution >= 4 is 11.9 Å². The number of hydrogen-bond donors (Lipinski definition) is 0. The standard InChI is InChI=1S/C27H42O4/c1-2-3-4-5-6-7-8-9-10-11-12-13-17-22-26(28)30-23-18-19-24-31-27(29)25-20-15-14-16-21-25/h14-16,18-21H,2-13,17,22-24H2,1H3/b19-18-. The zero-order valence-corrected chi connectivity index (χ0v) is 19.5. The summed E-state index contributed by atoms with van der Waals surface area (Å²) in [7, 11) is 0. The van der Waals surface area contributed by atoms with Crippen LogP contribution in [0.15, 0.2) is 42.5 Å². The average Bonchev–Trinajstić information content (AvgIpc) is 2.79. The van der Waals surface area contributed by atoms with E-state index in [1.54, 1.807) is 36.4 Å². The second-order valence-electron chi connectivity index (χ2n) is 8.11. The first-order valence-electron chi connectivity index (χ1n) is 12.3. The molecule has 0 radical (unpaired) electrons. The van der Waals surface area contributed by atoms with E-state index in [-0.39, 0.29) is 25.2 Å². The number of unbranched alkanes of at least 4 members (excludes halogenated alkanes) is 12. The predicted molar refractivity (Wildman–Crippen MR) is 127 cm³/mol. The molecule has 0 bridgehead atoms. The average molecular weight is 431 g/mol. The summed E-state index contributed by atoms with van der Waals surface area (Å²) in [6.45, 7) is 2.65. The van der Waals surface area contributed by atoms with Gasteiger partial charge in [0.1, 0.15) is 13.2 Å². The Morgan fingerprint density at radius 2 is 1.16 bits per heavy atom. The minimum Gasteiger partial charge on any atom is -0.461 e. The Labute approximate surface area is 189 Å². The molecule has 1 rings (SSSR count). The second-order valence-corrected chi connectivity index (χ2v) is 8.11. The van der Waals surface area contributed by atoms with Crippen molar-refractivity contribution in [2.75, 3.05) is 13.2 Å². The van der Waals surface area contributed by atoms with Gasteiger partial charge in [-0.15, -0.1) is 0 Å². The van der Waals surface area contributed by atoms with Crippen LogP contribution in [0.2, 0.25) is 0 Å². The van der Waals surface area contributed by atoms with Gasteiger partial charge in [-0.3, -0.25) is 4.79 Å². The summed E-state index contributed by atoms with van der Waals surface area (Å²) in [5, 5.41) is 0. The van der Waals surface area contributed by atoms with Crippen molar-refractivity contribution in [2.45, 2.75) is 96.8 Å². The zero-order valence-electron chi connectivity index (χ0n) is 19.5. The predicted octanol–water partition coefficient (Wildman–Crippen LogP) is 7.42. The van der Waals surface area contributed by atoms with Crippen molar-refractivity contribution in [3.63, 3.8) is 0 Å². The van der Waals surface area contributed by atoms with Crippen LogP contribution in [0, 0.1) is 0 Å². The number of esters is 2. The topological polar surface area (TPSA) is 52.6 Å². The molecule has 0 amide bonds. The smallest absolute Gasteiger partial charge is 0.338 e. The van der Waals surface area contributed by atoms with Crippen molar-refractivity contribution in [1.29, 1.82) is 0 Å². The minimum absolute atomic E-state index is 0.158. The van der Waals surface area contributed by atoms with Gasteiger partial charge in [0.25, 0.3) is 0 Å². The zero-order chi connectivity index (χ0) is 22.4. The maximum absolute atomic E-state index is 11.7. The van der Waals surface area contributed by atoms with Gasteiger partial charge in [0.15, 0.2) is 0 Å². The third-order valence-electron chi connectivity index (χ3n) is 5.31. The number of carbonyl (C=O) groups excluding carboxylic acids is 2. The molecule has 0 spiro atoms. The monoisotopic (exact) mass is 430 g/mol. The van der Waals surface area contributed by atoms with Crippen LogP contribution in [0.1, 0.15) is 107 Å². The Kier molecular flexibility index (Phi) is 17.2.